The third kappa shape index (κ3) is 2.32. The number of carbonyl (C=O) groups excluding carboxylic acids is 2. The highest BCUT2D eigenvalue weighted by atomic mass is 16.1. The lowest BCUT2D eigenvalue weighted by Crippen LogP contribution is -2.10. The Balaban J connectivity index is 2.45. The Kier molecular flexibility index (Phi) is 3.87. The van der Waals surface area contributed by atoms with Crippen LogP contribution in [0.3, 0.4) is 0 Å². The monoisotopic (exact) mass is 244 g/mol. The summed E-state index contributed by atoms with van der Waals surface area (Å²) in [7, 11) is 0. The van der Waals surface area contributed by atoms with Crippen molar-refractivity contribution in [1.29, 1.82) is 0 Å². The van der Waals surface area contributed by atoms with Gasteiger partial charge in [0.1, 0.15) is 18.6 Å². The van der Waals surface area contributed by atoms with Crippen LogP contribution in [-0.4, -0.2) is 22.4 Å². The van der Waals surface area contributed by atoms with Gasteiger partial charge in [-0.1, -0.05) is 25.5 Å². The largest absolute Gasteiger partial charge is 0.303 e. The number of hydrogen-bond acceptors (Lipinski definition) is 3. The molecule has 2 rings (SSSR count). The summed E-state index contributed by atoms with van der Waals surface area (Å²) in [6.07, 6.45) is 5.76. The van der Waals surface area contributed by atoms with Gasteiger partial charge < -0.3 is 9.59 Å². The molecule has 4 heteroatoms. The molecule has 18 heavy (non-hydrogen) atoms. The second-order valence-electron chi connectivity index (χ2n) is 4.32. The lowest BCUT2D eigenvalue weighted by molar-refractivity contribution is -0.111. The number of hydrogen-bond donors (Lipinski definition) is 0. The molecule has 0 N–H and O–H groups in total. The van der Waals surface area contributed by atoms with Crippen LogP contribution in [0.5, 0.6) is 0 Å². The molecule has 0 aliphatic heterocycles. The topological polar surface area (TPSA) is 52.0 Å². The SMILES string of the molecule is CCCC(C=O)n1cc2c(CC=O)cccc2n1. The van der Waals surface area contributed by atoms with Crippen LogP contribution in [0, 0.1) is 0 Å². The van der Waals surface area contributed by atoms with Gasteiger partial charge in [-0.3, -0.25) is 4.68 Å². The van der Waals surface area contributed by atoms with Crippen molar-refractivity contribution < 1.29 is 9.59 Å². The summed E-state index contributed by atoms with van der Waals surface area (Å²) in [5.41, 5.74) is 1.78. The summed E-state index contributed by atoms with van der Waals surface area (Å²) in [6.45, 7) is 2.04. The average molecular weight is 244 g/mol. The Morgan fingerprint density at radius 1 is 1.39 bits per heavy atom. The number of fused-ring (bicyclic) bond motifs is 1. The summed E-state index contributed by atoms with van der Waals surface area (Å²) in [4.78, 5) is 21.7. The highest BCUT2D eigenvalue weighted by Crippen LogP contribution is 2.20. The summed E-state index contributed by atoms with van der Waals surface area (Å²) in [6, 6.07) is 5.48. The molecule has 0 aliphatic rings. The number of rotatable bonds is 6. The van der Waals surface area contributed by atoms with E-state index in [0.717, 1.165) is 41.9 Å². The lowest BCUT2D eigenvalue weighted by Gasteiger charge is -2.08. The van der Waals surface area contributed by atoms with Crippen LogP contribution in [0.2, 0.25) is 0 Å². The van der Waals surface area contributed by atoms with E-state index in [1.54, 1.807) is 4.68 Å². The number of carbonyl (C=O) groups is 2. The van der Waals surface area contributed by atoms with Crippen molar-refractivity contribution in [3.05, 3.63) is 30.0 Å². The van der Waals surface area contributed by atoms with Crippen molar-refractivity contribution in [3.8, 4) is 0 Å². The van der Waals surface area contributed by atoms with Crippen molar-refractivity contribution in [2.75, 3.05) is 0 Å². The zero-order valence-corrected chi connectivity index (χ0v) is 10.4. The van der Waals surface area contributed by atoms with E-state index in [4.69, 9.17) is 0 Å². The van der Waals surface area contributed by atoms with Gasteiger partial charge in [0.2, 0.25) is 0 Å². The van der Waals surface area contributed by atoms with Crippen LogP contribution in [0.4, 0.5) is 0 Å². The Hall–Kier alpha value is -1.97. The van der Waals surface area contributed by atoms with E-state index in [-0.39, 0.29) is 6.04 Å². The van der Waals surface area contributed by atoms with Gasteiger partial charge in [0.15, 0.2) is 0 Å². The molecule has 1 aromatic carbocycles. The molecule has 1 aromatic heterocycles. The minimum absolute atomic E-state index is 0.216. The maximum Gasteiger partial charge on any atom is 0.144 e. The quantitative estimate of drug-likeness (QED) is 0.733. The first-order valence-corrected chi connectivity index (χ1v) is 6.15. The van der Waals surface area contributed by atoms with Gasteiger partial charge in [-0.05, 0) is 18.1 Å². The third-order valence-corrected chi connectivity index (χ3v) is 3.04. The molecule has 0 amide bonds. The molecule has 1 heterocycles. The number of benzene rings is 1. The van der Waals surface area contributed by atoms with E-state index < -0.39 is 0 Å². The second kappa shape index (κ2) is 5.58. The first-order chi connectivity index (χ1) is 8.80. The van der Waals surface area contributed by atoms with Gasteiger partial charge in [-0.2, -0.15) is 5.10 Å². The lowest BCUT2D eigenvalue weighted by atomic mass is 10.1. The van der Waals surface area contributed by atoms with Crippen molar-refractivity contribution in [1.82, 2.24) is 9.78 Å². The fourth-order valence-electron chi connectivity index (χ4n) is 2.12. The predicted octanol–water partition coefficient (Wildman–Crippen LogP) is 2.32. The molecular formula is C14H16N2O2. The Labute approximate surface area is 106 Å². The second-order valence-corrected chi connectivity index (χ2v) is 4.32. The standard InChI is InChI=1S/C14H16N2O2/c1-2-4-12(10-18)16-9-13-11(7-8-17)5-3-6-14(13)15-16/h3,5-6,8-10,12H,2,4,7H2,1H3. The van der Waals surface area contributed by atoms with Gasteiger partial charge in [-0.15, -0.1) is 0 Å². The highest BCUT2D eigenvalue weighted by Gasteiger charge is 2.12. The zero-order chi connectivity index (χ0) is 13.0. The van der Waals surface area contributed by atoms with Crippen molar-refractivity contribution in [3.63, 3.8) is 0 Å². The van der Waals surface area contributed by atoms with Crippen LogP contribution in [0.15, 0.2) is 24.4 Å². The summed E-state index contributed by atoms with van der Waals surface area (Å²) >= 11 is 0. The molecule has 0 saturated carbocycles. The first kappa shape index (κ1) is 12.5. The molecule has 0 saturated heterocycles. The molecule has 0 spiro atoms. The van der Waals surface area contributed by atoms with Crippen molar-refractivity contribution in [2.24, 2.45) is 0 Å². The van der Waals surface area contributed by atoms with Crippen LogP contribution < -0.4 is 0 Å². The molecule has 0 radical (unpaired) electrons. The first-order valence-electron chi connectivity index (χ1n) is 6.15. The third-order valence-electron chi connectivity index (χ3n) is 3.04. The van der Waals surface area contributed by atoms with Crippen molar-refractivity contribution >= 4 is 23.5 Å². The minimum atomic E-state index is -0.216. The summed E-state index contributed by atoms with van der Waals surface area (Å²) in [5, 5.41) is 5.37. The fourth-order valence-corrected chi connectivity index (χ4v) is 2.12. The molecule has 2 aromatic rings. The summed E-state index contributed by atoms with van der Waals surface area (Å²) in [5.74, 6) is 0. The van der Waals surface area contributed by atoms with Crippen LogP contribution >= 0.6 is 0 Å². The molecular weight excluding hydrogens is 228 g/mol. The zero-order valence-electron chi connectivity index (χ0n) is 10.4. The molecule has 0 fully saturated rings. The van der Waals surface area contributed by atoms with Crippen LogP contribution in [-0.2, 0) is 16.0 Å². The van der Waals surface area contributed by atoms with Gasteiger partial charge in [0, 0.05) is 18.0 Å². The van der Waals surface area contributed by atoms with E-state index in [1.165, 1.54) is 0 Å². The van der Waals surface area contributed by atoms with E-state index >= 15 is 0 Å². The molecule has 0 bridgehead atoms. The molecule has 1 unspecified atom stereocenters. The predicted molar refractivity (Wildman–Crippen MR) is 69.5 cm³/mol. The number of aldehydes is 2. The Morgan fingerprint density at radius 2 is 2.22 bits per heavy atom. The fraction of sp³-hybridized carbons (Fsp3) is 0.357. The van der Waals surface area contributed by atoms with E-state index in [0.29, 0.717) is 6.42 Å². The maximum absolute atomic E-state index is 11.1. The molecule has 4 nitrogen and oxygen atoms in total. The highest BCUT2D eigenvalue weighted by molar-refractivity contribution is 5.84. The molecule has 94 valence electrons. The van der Waals surface area contributed by atoms with Crippen molar-refractivity contribution in [2.45, 2.75) is 32.2 Å². The van der Waals surface area contributed by atoms with E-state index in [1.807, 2.05) is 31.3 Å². The van der Waals surface area contributed by atoms with Gasteiger partial charge >= 0.3 is 0 Å². The number of aromatic nitrogens is 2. The van der Waals surface area contributed by atoms with Gasteiger partial charge in [0.05, 0.1) is 5.52 Å². The minimum Gasteiger partial charge on any atom is -0.303 e. The van der Waals surface area contributed by atoms with E-state index in [9.17, 15) is 9.59 Å². The van der Waals surface area contributed by atoms with Crippen LogP contribution in [0.25, 0.3) is 10.9 Å². The normalized spacial score (nSPS) is 12.5. The van der Waals surface area contributed by atoms with Gasteiger partial charge in [-0.25, -0.2) is 0 Å². The Bertz CT molecular complexity index is 560. The van der Waals surface area contributed by atoms with E-state index in [2.05, 4.69) is 5.10 Å². The molecule has 0 aliphatic carbocycles. The Morgan fingerprint density at radius 3 is 2.89 bits per heavy atom. The smallest absolute Gasteiger partial charge is 0.144 e. The molecule has 1 atom stereocenters. The summed E-state index contributed by atoms with van der Waals surface area (Å²) < 4.78 is 1.70. The van der Waals surface area contributed by atoms with Crippen LogP contribution in [0.1, 0.15) is 31.4 Å². The van der Waals surface area contributed by atoms with Gasteiger partial charge in [0.25, 0.3) is 0 Å². The number of nitrogens with zero attached hydrogens (tertiary/aromatic N) is 2. The average Bonchev–Trinajstić information content (AvgIpc) is 2.81. The maximum atomic E-state index is 11.1.